The molecule has 5 heterocycles. The van der Waals surface area contributed by atoms with Crippen molar-refractivity contribution in [1.82, 2.24) is 15.0 Å². The highest BCUT2D eigenvalue weighted by Gasteiger charge is 2.24. The SMILES string of the molecule is Cc1ccc2cccc([O][Al][O][AlH2])c2n1.Cc1ccc2cccc3c2[n+]1CO3.c1ccc(-c2nc3ccccc3s2)c([O][Al][O][Al][O]c2ccccc2-c2nc3ccccc3s2)c1. The molecular formula is C47H36Al4N4O6S2+. The molecule has 0 unspecified atom stereocenters. The zero-order valence-electron chi connectivity index (χ0n) is 34.5. The van der Waals surface area contributed by atoms with Gasteiger partial charge in [-0.1, -0.05) is 72.8 Å². The molecule has 0 aliphatic carbocycles. The fourth-order valence-corrected chi connectivity index (χ4v) is 10.8. The lowest BCUT2D eigenvalue weighted by Crippen LogP contribution is -2.35. The van der Waals surface area contributed by atoms with Gasteiger partial charge in [0.25, 0.3) is 12.2 Å². The average Bonchev–Trinajstić information content (AvgIpc) is 4.08. The molecule has 6 aromatic carbocycles. The van der Waals surface area contributed by atoms with E-state index in [9.17, 15) is 0 Å². The number of rotatable bonds is 11. The van der Waals surface area contributed by atoms with Crippen LogP contribution in [0.15, 0.2) is 158 Å². The molecule has 0 N–H and O–H groups in total. The van der Waals surface area contributed by atoms with Crippen LogP contribution in [0, 0.1) is 13.8 Å². The van der Waals surface area contributed by atoms with Crippen LogP contribution in [0.3, 0.4) is 0 Å². The van der Waals surface area contributed by atoms with Crippen LogP contribution in [0.5, 0.6) is 23.0 Å². The lowest BCUT2D eigenvalue weighted by Gasteiger charge is -2.12. The van der Waals surface area contributed by atoms with Crippen molar-refractivity contribution in [3.05, 3.63) is 169 Å². The van der Waals surface area contributed by atoms with E-state index in [2.05, 4.69) is 52.9 Å². The molecule has 3 radical (unpaired) electrons. The van der Waals surface area contributed by atoms with Gasteiger partial charge >= 0.3 is 64.3 Å². The van der Waals surface area contributed by atoms with Crippen molar-refractivity contribution in [2.75, 3.05) is 0 Å². The number of ether oxygens (including phenoxy) is 1. The van der Waals surface area contributed by atoms with Crippen LogP contribution in [0.2, 0.25) is 0 Å². The van der Waals surface area contributed by atoms with Crippen LogP contribution in [0.1, 0.15) is 11.4 Å². The van der Waals surface area contributed by atoms with Gasteiger partial charge < -0.3 is 21.8 Å². The predicted molar refractivity (Wildman–Crippen MR) is 256 cm³/mol. The number of hydrogen-bond acceptors (Lipinski definition) is 11. The summed E-state index contributed by atoms with van der Waals surface area (Å²) in [6.07, 6.45) is 0. The molecule has 0 bridgehead atoms. The summed E-state index contributed by atoms with van der Waals surface area (Å²) < 4.78 is 38.6. The molecule has 10 aromatic rings. The number of fused-ring (bicyclic) bond motifs is 3. The first-order chi connectivity index (χ1) is 31.0. The van der Waals surface area contributed by atoms with Crippen molar-refractivity contribution in [2.45, 2.75) is 20.6 Å². The predicted octanol–water partition coefficient (Wildman–Crippen LogP) is 9.59. The Morgan fingerprint density at radius 2 is 1.11 bits per heavy atom. The van der Waals surface area contributed by atoms with E-state index in [1.807, 2.05) is 128 Å². The summed E-state index contributed by atoms with van der Waals surface area (Å²) in [5, 5.41) is 4.23. The van der Waals surface area contributed by atoms with Crippen LogP contribution >= 0.6 is 22.7 Å². The maximum absolute atomic E-state index is 6.04. The minimum atomic E-state index is -0.727. The van der Waals surface area contributed by atoms with Crippen molar-refractivity contribution >= 4 is 129 Å². The first-order valence-corrected chi connectivity index (χ1v) is 25.2. The fraction of sp³-hybridized carbons (Fsp3) is 0.0638. The molecule has 10 nitrogen and oxygen atoms in total. The number of nitrogens with zero attached hydrogens (tertiary/aromatic N) is 4. The Bertz CT molecular complexity index is 3000. The third-order valence-corrected chi connectivity index (χ3v) is 14.8. The molecule has 0 fully saturated rings. The molecule has 1 aliphatic rings. The molecule has 0 amide bonds. The fourth-order valence-electron chi connectivity index (χ4n) is 6.92. The van der Waals surface area contributed by atoms with E-state index in [0.29, 0.717) is 6.73 Å². The Morgan fingerprint density at radius 1 is 0.556 bits per heavy atom. The molecule has 63 heavy (non-hydrogen) atoms. The Kier molecular flexibility index (Phi) is 14.3. The standard InChI is InChI=1S/2C13H9NOS.C11H10NO.C10H9NO.4Al.2O.2H/c2*15-11-7-3-1-5-9(11)13-14-10-6-2-4-8-12(10)16-13;1-8-5-6-9-3-2-4-10-11(9)12(8)7-13-10;1-7-5-6-8-3-2-4-9(12)10(8)11-7;;;;;;;;/h2*1-8,15H;2-6H,7H2,1H3;2-6,12H,1H3;;;;;;;;/q;;+1;;;3*+1;;;;/p-3. The Morgan fingerprint density at radius 3 is 1.76 bits per heavy atom. The molecule has 4 aromatic heterocycles. The molecule has 1 aliphatic heterocycles. The van der Waals surface area contributed by atoms with E-state index in [4.69, 9.17) is 31.8 Å². The van der Waals surface area contributed by atoms with E-state index < -0.39 is 47.7 Å². The Balaban J connectivity index is 0.000000146. The highest BCUT2D eigenvalue weighted by molar-refractivity contribution is 7.22. The summed E-state index contributed by atoms with van der Waals surface area (Å²) in [4.78, 5) is 14.0. The molecule has 16 heteroatoms. The van der Waals surface area contributed by atoms with Gasteiger partial charge in [-0.05, 0) is 85.8 Å². The molecule has 11 rings (SSSR count). The van der Waals surface area contributed by atoms with Gasteiger partial charge in [-0.2, -0.15) is 4.57 Å². The minimum Gasteiger partial charge on any atom is -0.627 e. The summed E-state index contributed by atoms with van der Waals surface area (Å²) in [5.41, 5.74) is 8.33. The number of benzene rings is 6. The number of para-hydroxylation sites is 6. The molecule has 303 valence electrons. The average molecular weight is 925 g/mol. The summed E-state index contributed by atoms with van der Waals surface area (Å²) in [6.45, 7) is 4.74. The lowest BCUT2D eigenvalue weighted by molar-refractivity contribution is -0.694. The number of hydrogen-bond donors (Lipinski definition) is 0. The van der Waals surface area contributed by atoms with E-state index in [0.717, 1.165) is 97.8 Å². The van der Waals surface area contributed by atoms with E-state index in [1.54, 1.807) is 22.7 Å². The van der Waals surface area contributed by atoms with Gasteiger partial charge in [0.2, 0.25) is 0 Å². The van der Waals surface area contributed by atoms with Gasteiger partial charge in [-0.15, -0.1) is 22.7 Å². The smallest absolute Gasteiger partial charge is 0.627 e. The van der Waals surface area contributed by atoms with Crippen molar-refractivity contribution < 1.29 is 26.3 Å². The monoisotopic (exact) mass is 924 g/mol. The largest absolute Gasteiger partial charge is 0.743 e. The van der Waals surface area contributed by atoms with Crippen LogP contribution < -0.4 is 20.7 Å². The van der Waals surface area contributed by atoms with Gasteiger partial charge in [-0.3, -0.25) is 0 Å². The van der Waals surface area contributed by atoms with Crippen LogP contribution in [-0.2, 0) is 12.4 Å². The number of aryl methyl sites for hydroxylation is 2. The van der Waals surface area contributed by atoms with Gasteiger partial charge in [-0.25, -0.2) is 15.0 Å². The van der Waals surface area contributed by atoms with Crippen molar-refractivity contribution in [2.24, 2.45) is 0 Å². The third-order valence-electron chi connectivity index (χ3n) is 9.96. The molecule has 0 saturated heterocycles. The van der Waals surface area contributed by atoms with Crippen molar-refractivity contribution in [3.8, 4) is 44.1 Å². The zero-order valence-corrected chi connectivity index (χ0v) is 41.6. The number of thiazole rings is 2. The maximum atomic E-state index is 6.04. The van der Waals surface area contributed by atoms with Gasteiger partial charge in [0.1, 0.15) is 21.3 Å². The molecule has 0 atom stereocenters. The second kappa shape index (κ2) is 20.8. The minimum absolute atomic E-state index is 0.391. The summed E-state index contributed by atoms with van der Waals surface area (Å²) in [5.74, 6) is 3.37. The highest BCUT2D eigenvalue weighted by atomic mass is 32.1. The van der Waals surface area contributed by atoms with Crippen molar-refractivity contribution in [1.29, 1.82) is 0 Å². The Hall–Kier alpha value is -4.83. The normalized spacial score (nSPS) is 11.3. The summed E-state index contributed by atoms with van der Waals surface area (Å²) >= 11 is 2.19. The maximum Gasteiger partial charge on any atom is 0.743 e. The highest BCUT2D eigenvalue weighted by Crippen LogP contribution is 2.37. The summed E-state index contributed by atoms with van der Waals surface area (Å²) in [7, 11) is 0. The van der Waals surface area contributed by atoms with Gasteiger partial charge in [0, 0.05) is 35.2 Å². The lowest BCUT2D eigenvalue weighted by atomic mass is 10.2. The Labute approximate surface area is 400 Å². The van der Waals surface area contributed by atoms with E-state index in [1.165, 1.54) is 16.6 Å². The van der Waals surface area contributed by atoms with E-state index >= 15 is 0 Å². The second-order valence-corrected chi connectivity index (χ2v) is 20.5. The molecule has 0 spiro atoms. The second-order valence-electron chi connectivity index (χ2n) is 14.1. The van der Waals surface area contributed by atoms with E-state index in [-0.39, 0.29) is 0 Å². The molecular weight excluding hydrogens is 889 g/mol. The number of pyridine rings is 2. The topological polar surface area (TPSA) is 97.9 Å². The molecule has 0 saturated carbocycles. The first kappa shape index (κ1) is 43.4. The quantitative estimate of drug-likeness (QED) is 0.0714. The summed E-state index contributed by atoms with van der Waals surface area (Å²) in [6, 6.07) is 52.6. The first-order valence-electron chi connectivity index (χ1n) is 20.0. The third kappa shape index (κ3) is 10.3. The number of aromatic nitrogens is 4. The van der Waals surface area contributed by atoms with Crippen LogP contribution in [0.4, 0.5) is 0 Å². The van der Waals surface area contributed by atoms with Crippen molar-refractivity contribution in [3.63, 3.8) is 0 Å². The van der Waals surface area contributed by atoms with Crippen LogP contribution in [-0.4, -0.2) is 79.2 Å². The zero-order chi connectivity index (χ0) is 43.0. The van der Waals surface area contributed by atoms with Gasteiger partial charge in [0.15, 0.2) is 11.4 Å². The van der Waals surface area contributed by atoms with Crippen LogP contribution in [0.25, 0.3) is 63.4 Å². The van der Waals surface area contributed by atoms with Gasteiger partial charge in [0.05, 0.1) is 37.3 Å².